The number of carbonyl (C=O) groups excluding carboxylic acids is 2. The Balaban J connectivity index is 1.62. The van der Waals surface area contributed by atoms with E-state index >= 15 is 0 Å². The monoisotopic (exact) mass is 440 g/mol. The lowest BCUT2D eigenvalue weighted by atomic mass is 9.97. The summed E-state index contributed by atoms with van der Waals surface area (Å²) in [4.78, 5) is 28.3. The van der Waals surface area contributed by atoms with Gasteiger partial charge in [0.05, 0.1) is 39.1 Å². The van der Waals surface area contributed by atoms with Crippen LogP contribution in [-0.2, 0) is 0 Å². The van der Waals surface area contributed by atoms with Gasteiger partial charge in [0.15, 0.2) is 11.5 Å². The van der Waals surface area contributed by atoms with Crippen molar-refractivity contribution >= 4 is 17.5 Å². The largest absolute Gasteiger partial charge is 0.493 e. The van der Waals surface area contributed by atoms with Crippen LogP contribution in [-0.4, -0.2) is 57.2 Å². The molecule has 8 heteroatoms. The summed E-state index contributed by atoms with van der Waals surface area (Å²) in [6.45, 7) is 1.32. The van der Waals surface area contributed by atoms with E-state index in [1.54, 1.807) is 30.3 Å². The van der Waals surface area contributed by atoms with Gasteiger partial charge < -0.3 is 29.2 Å². The molecule has 1 saturated heterocycles. The van der Waals surface area contributed by atoms with Crippen LogP contribution in [0.3, 0.4) is 0 Å². The number of hydrogen-bond donors (Lipinski definition) is 1. The Morgan fingerprint density at radius 1 is 1.03 bits per heavy atom. The minimum absolute atomic E-state index is 0.0517. The molecule has 2 amide bonds. The predicted octanol–water partition coefficient (Wildman–Crippen LogP) is 3.74. The first-order chi connectivity index (χ1) is 15.6. The molecule has 2 aliphatic rings. The van der Waals surface area contributed by atoms with Crippen LogP contribution >= 0.6 is 0 Å². The highest BCUT2D eigenvalue weighted by molar-refractivity contribution is 6.08. The smallest absolute Gasteiger partial charge is 0.259 e. The van der Waals surface area contributed by atoms with Crippen LogP contribution in [0.15, 0.2) is 30.3 Å². The van der Waals surface area contributed by atoms with Crippen LogP contribution in [0.4, 0.5) is 5.69 Å². The van der Waals surface area contributed by atoms with E-state index in [4.69, 9.17) is 18.9 Å². The molecule has 0 radical (unpaired) electrons. The van der Waals surface area contributed by atoms with Gasteiger partial charge in [0, 0.05) is 24.7 Å². The Morgan fingerprint density at radius 2 is 1.84 bits per heavy atom. The van der Waals surface area contributed by atoms with Crippen molar-refractivity contribution in [2.45, 2.75) is 31.7 Å². The Bertz CT molecular complexity index is 1020. The number of carbonyl (C=O) groups is 2. The van der Waals surface area contributed by atoms with Crippen LogP contribution in [0.1, 0.15) is 46.4 Å². The van der Waals surface area contributed by atoms with Crippen LogP contribution in [0, 0.1) is 0 Å². The number of rotatable bonds is 5. The molecule has 1 atom stereocenters. The molecule has 8 nitrogen and oxygen atoms in total. The molecule has 1 N–H and O–H groups in total. The Kier molecular flexibility index (Phi) is 6.39. The lowest BCUT2D eigenvalue weighted by Gasteiger charge is -2.37. The van der Waals surface area contributed by atoms with Crippen molar-refractivity contribution in [2.24, 2.45) is 0 Å². The van der Waals surface area contributed by atoms with Gasteiger partial charge in [-0.25, -0.2) is 0 Å². The van der Waals surface area contributed by atoms with Gasteiger partial charge >= 0.3 is 0 Å². The topological polar surface area (TPSA) is 86.3 Å². The maximum absolute atomic E-state index is 13.3. The van der Waals surface area contributed by atoms with E-state index in [1.165, 1.54) is 21.3 Å². The highest BCUT2D eigenvalue weighted by Crippen LogP contribution is 2.40. The van der Waals surface area contributed by atoms with E-state index in [0.717, 1.165) is 32.2 Å². The van der Waals surface area contributed by atoms with E-state index in [0.29, 0.717) is 35.1 Å². The number of nitrogens with zero attached hydrogens (tertiary/aromatic N) is 1. The zero-order valence-corrected chi connectivity index (χ0v) is 18.6. The van der Waals surface area contributed by atoms with Crippen molar-refractivity contribution in [1.29, 1.82) is 0 Å². The van der Waals surface area contributed by atoms with Crippen molar-refractivity contribution in [1.82, 2.24) is 4.90 Å². The molecular weight excluding hydrogens is 412 g/mol. The second kappa shape index (κ2) is 9.38. The number of ether oxygens (including phenoxy) is 4. The number of methoxy groups -OCH3 is 3. The number of nitrogens with one attached hydrogen (secondary N) is 1. The third-order valence-corrected chi connectivity index (χ3v) is 6.01. The maximum Gasteiger partial charge on any atom is 0.259 e. The minimum Gasteiger partial charge on any atom is -0.493 e. The average Bonchev–Trinajstić information content (AvgIpc) is 2.82. The molecule has 2 aromatic carbocycles. The Labute approximate surface area is 187 Å². The van der Waals surface area contributed by atoms with Crippen LogP contribution < -0.4 is 24.3 Å². The van der Waals surface area contributed by atoms with Crippen LogP contribution in [0.2, 0.25) is 0 Å². The predicted molar refractivity (Wildman–Crippen MR) is 119 cm³/mol. The zero-order chi connectivity index (χ0) is 22.7. The zero-order valence-electron chi connectivity index (χ0n) is 18.6. The normalized spacial score (nSPS) is 17.8. The van der Waals surface area contributed by atoms with E-state index in [2.05, 4.69) is 5.32 Å². The molecule has 0 aromatic heterocycles. The minimum atomic E-state index is -0.391. The van der Waals surface area contributed by atoms with Crippen molar-refractivity contribution in [2.75, 3.05) is 39.8 Å². The first kappa shape index (κ1) is 21.8. The van der Waals surface area contributed by atoms with Gasteiger partial charge in [-0.3, -0.25) is 9.59 Å². The van der Waals surface area contributed by atoms with Gasteiger partial charge in [-0.1, -0.05) is 0 Å². The lowest BCUT2D eigenvalue weighted by Crippen LogP contribution is -2.45. The summed E-state index contributed by atoms with van der Waals surface area (Å²) in [5.41, 5.74) is 1.25. The molecule has 0 spiro atoms. The van der Waals surface area contributed by atoms with E-state index in [-0.39, 0.29) is 23.3 Å². The van der Waals surface area contributed by atoms with Crippen molar-refractivity contribution in [3.63, 3.8) is 0 Å². The van der Waals surface area contributed by atoms with Crippen LogP contribution in [0.5, 0.6) is 23.0 Å². The van der Waals surface area contributed by atoms with E-state index in [1.807, 2.05) is 4.90 Å². The molecule has 32 heavy (non-hydrogen) atoms. The molecule has 2 aliphatic heterocycles. The third kappa shape index (κ3) is 4.04. The number of anilines is 1. The Hall–Kier alpha value is -3.42. The fourth-order valence-electron chi connectivity index (χ4n) is 4.41. The standard InChI is InChI=1S/C24H28N2O6/c1-29-20-10-8-17(21(30-2)22(20)31-3)23(27)25-15-7-9-19-18(14-15)24(28)26-12-5-4-6-16(26)11-13-32-19/h7-10,14,16H,4-6,11-13H2,1-3H3,(H,25,27). The fraction of sp³-hybridized carbons (Fsp3) is 0.417. The molecular formula is C24H28N2O6. The van der Waals surface area contributed by atoms with Gasteiger partial charge in [0.1, 0.15) is 5.75 Å². The molecule has 1 fully saturated rings. The van der Waals surface area contributed by atoms with Gasteiger partial charge in [-0.15, -0.1) is 0 Å². The summed E-state index contributed by atoms with van der Waals surface area (Å²) in [6, 6.07) is 8.60. The number of fused-ring (bicyclic) bond motifs is 2. The van der Waals surface area contributed by atoms with Crippen LogP contribution in [0.25, 0.3) is 0 Å². The second-order valence-electron chi connectivity index (χ2n) is 7.83. The summed E-state index contributed by atoms with van der Waals surface area (Å²) >= 11 is 0. The number of benzene rings is 2. The van der Waals surface area contributed by atoms with Crippen molar-refractivity contribution in [3.8, 4) is 23.0 Å². The second-order valence-corrected chi connectivity index (χ2v) is 7.83. The van der Waals surface area contributed by atoms with E-state index < -0.39 is 5.91 Å². The first-order valence-corrected chi connectivity index (χ1v) is 10.8. The quantitative estimate of drug-likeness (QED) is 0.762. The van der Waals surface area contributed by atoms with Gasteiger partial charge in [-0.05, 0) is 49.6 Å². The number of hydrogen-bond acceptors (Lipinski definition) is 6. The molecule has 170 valence electrons. The third-order valence-electron chi connectivity index (χ3n) is 6.01. The van der Waals surface area contributed by atoms with Gasteiger partial charge in [0.25, 0.3) is 11.8 Å². The summed E-state index contributed by atoms with van der Waals surface area (Å²) in [7, 11) is 4.46. The fourth-order valence-corrected chi connectivity index (χ4v) is 4.41. The highest BCUT2D eigenvalue weighted by Gasteiger charge is 2.31. The molecule has 0 aliphatic carbocycles. The molecule has 2 heterocycles. The van der Waals surface area contributed by atoms with Gasteiger partial charge in [-0.2, -0.15) is 0 Å². The highest BCUT2D eigenvalue weighted by atomic mass is 16.5. The number of amides is 2. The summed E-state index contributed by atoms with van der Waals surface area (Å²) in [5.74, 6) is 1.16. The lowest BCUT2D eigenvalue weighted by molar-refractivity contribution is 0.0548. The molecule has 0 bridgehead atoms. The number of piperidine rings is 1. The average molecular weight is 440 g/mol. The molecule has 0 saturated carbocycles. The SMILES string of the molecule is COc1ccc(C(=O)Nc2ccc3c(c2)C(=O)N2CCCCC2CCO3)c(OC)c1OC. The summed E-state index contributed by atoms with van der Waals surface area (Å²) in [6.07, 6.45) is 3.97. The van der Waals surface area contributed by atoms with Gasteiger partial charge in [0.2, 0.25) is 5.75 Å². The summed E-state index contributed by atoms with van der Waals surface area (Å²) in [5, 5.41) is 2.86. The van der Waals surface area contributed by atoms with E-state index in [9.17, 15) is 9.59 Å². The molecule has 4 rings (SSSR count). The first-order valence-electron chi connectivity index (χ1n) is 10.8. The molecule has 2 aromatic rings. The Morgan fingerprint density at radius 3 is 2.59 bits per heavy atom. The molecule has 1 unspecified atom stereocenters. The summed E-state index contributed by atoms with van der Waals surface area (Å²) < 4.78 is 21.9. The maximum atomic E-state index is 13.3. The van der Waals surface area contributed by atoms with Crippen molar-refractivity contribution < 1.29 is 28.5 Å². The van der Waals surface area contributed by atoms with Crippen molar-refractivity contribution in [3.05, 3.63) is 41.5 Å².